The number of nitrogens with zero attached hydrogens (tertiary/aromatic N) is 5. The van der Waals surface area contributed by atoms with Gasteiger partial charge in [-0.05, 0) is 22.6 Å². The molecule has 2 N–H and O–H groups in total. The van der Waals surface area contributed by atoms with Gasteiger partial charge < -0.3 is 10.1 Å². The Morgan fingerprint density at radius 1 is 1.31 bits per heavy atom. The summed E-state index contributed by atoms with van der Waals surface area (Å²) in [6, 6.07) is 5.12. The molecule has 0 aliphatic heterocycles. The lowest BCUT2D eigenvalue weighted by molar-refractivity contribution is -0.389. The molecule has 0 aliphatic carbocycles. The number of aromatic amines is 1. The molecule has 10 nitrogen and oxygen atoms in total. The van der Waals surface area contributed by atoms with Crippen molar-refractivity contribution in [2.75, 3.05) is 5.32 Å². The maximum Gasteiger partial charge on any atom is 0.362 e. The lowest BCUT2D eigenvalue weighted by atomic mass is 10.2. The summed E-state index contributed by atoms with van der Waals surface area (Å²) in [5.74, 6) is -1.38. The van der Waals surface area contributed by atoms with Crippen LogP contribution in [0.3, 0.4) is 0 Å². The van der Waals surface area contributed by atoms with Crippen molar-refractivity contribution in [3.8, 4) is 0 Å². The van der Waals surface area contributed by atoms with Crippen molar-refractivity contribution in [3.63, 3.8) is 0 Å². The van der Waals surface area contributed by atoms with E-state index < -0.39 is 21.7 Å². The SMILES string of the molecule is O=C(Nc1ncn(Cc2ccc(Cl)c(Cl)c2)n1)c1n[nH]c([N+](=O)[O-])c1Cl. The van der Waals surface area contributed by atoms with Crippen molar-refractivity contribution in [3.05, 3.63) is 61.0 Å². The van der Waals surface area contributed by atoms with Crippen LogP contribution in [0.15, 0.2) is 24.5 Å². The highest BCUT2D eigenvalue weighted by Crippen LogP contribution is 2.25. The van der Waals surface area contributed by atoms with Gasteiger partial charge in [-0.2, -0.15) is 0 Å². The summed E-state index contributed by atoms with van der Waals surface area (Å²) in [6.07, 6.45) is 1.40. The number of H-pyrrole nitrogens is 1. The van der Waals surface area contributed by atoms with E-state index in [-0.39, 0.29) is 11.6 Å². The Morgan fingerprint density at radius 2 is 2.08 bits per heavy atom. The van der Waals surface area contributed by atoms with E-state index in [1.165, 1.54) is 11.0 Å². The molecule has 134 valence electrons. The fourth-order valence-electron chi connectivity index (χ4n) is 2.00. The third-order valence-electron chi connectivity index (χ3n) is 3.18. The Kier molecular flexibility index (Phi) is 5.07. The zero-order valence-corrected chi connectivity index (χ0v) is 14.9. The number of rotatable bonds is 5. The first kappa shape index (κ1) is 18.1. The molecule has 0 unspecified atom stereocenters. The van der Waals surface area contributed by atoms with Crippen molar-refractivity contribution in [1.29, 1.82) is 0 Å². The monoisotopic (exact) mass is 415 g/mol. The van der Waals surface area contributed by atoms with Crippen LogP contribution >= 0.6 is 34.8 Å². The van der Waals surface area contributed by atoms with E-state index in [2.05, 4.69) is 25.6 Å². The highest BCUT2D eigenvalue weighted by atomic mass is 35.5. The van der Waals surface area contributed by atoms with E-state index in [0.717, 1.165) is 5.56 Å². The number of halogens is 3. The minimum atomic E-state index is -0.786. The third kappa shape index (κ3) is 3.77. The van der Waals surface area contributed by atoms with Crippen LogP contribution in [0, 0.1) is 10.1 Å². The number of aromatic nitrogens is 5. The van der Waals surface area contributed by atoms with E-state index in [1.807, 2.05) is 0 Å². The van der Waals surface area contributed by atoms with E-state index >= 15 is 0 Å². The maximum absolute atomic E-state index is 12.1. The second-order valence-electron chi connectivity index (χ2n) is 4.96. The first-order chi connectivity index (χ1) is 12.3. The molecule has 0 aliphatic rings. The predicted molar refractivity (Wildman–Crippen MR) is 93.8 cm³/mol. The topological polar surface area (TPSA) is 132 Å². The second-order valence-corrected chi connectivity index (χ2v) is 6.15. The maximum atomic E-state index is 12.1. The fourth-order valence-corrected chi connectivity index (χ4v) is 2.56. The van der Waals surface area contributed by atoms with Crippen LogP contribution in [0.1, 0.15) is 16.1 Å². The van der Waals surface area contributed by atoms with Gasteiger partial charge in [0.2, 0.25) is 5.95 Å². The van der Waals surface area contributed by atoms with Crippen molar-refractivity contribution in [2.45, 2.75) is 6.54 Å². The van der Waals surface area contributed by atoms with Crippen molar-refractivity contribution in [1.82, 2.24) is 25.0 Å². The van der Waals surface area contributed by atoms with Crippen molar-refractivity contribution in [2.24, 2.45) is 0 Å². The molecule has 26 heavy (non-hydrogen) atoms. The van der Waals surface area contributed by atoms with Crippen molar-refractivity contribution < 1.29 is 9.72 Å². The number of nitrogens with one attached hydrogen (secondary N) is 2. The molecule has 3 aromatic rings. The van der Waals surface area contributed by atoms with Crippen LogP contribution < -0.4 is 5.32 Å². The normalized spacial score (nSPS) is 10.7. The number of amides is 1. The zero-order valence-electron chi connectivity index (χ0n) is 12.6. The van der Waals surface area contributed by atoms with E-state index in [0.29, 0.717) is 16.6 Å². The molecule has 0 atom stereocenters. The van der Waals surface area contributed by atoms with E-state index in [9.17, 15) is 14.9 Å². The summed E-state index contributed by atoms with van der Waals surface area (Å²) < 4.78 is 1.46. The minimum Gasteiger partial charge on any atom is -0.358 e. The highest BCUT2D eigenvalue weighted by molar-refractivity contribution is 6.42. The van der Waals surface area contributed by atoms with Gasteiger partial charge in [-0.15, -0.1) is 10.2 Å². The van der Waals surface area contributed by atoms with Gasteiger partial charge in [0.1, 0.15) is 6.33 Å². The lowest BCUT2D eigenvalue weighted by Gasteiger charge is -2.03. The van der Waals surface area contributed by atoms with Gasteiger partial charge >= 0.3 is 5.82 Å². The van der Waals surface area contributed by atoms with Gasteiger partial charge in [-0.25, -0.2) is 9.67 Å². The predicted octanol–water partition coefficient (Wildman–Crippen LogP) is 3.17. The number of carbonyl (C=O) groups is 1. The molecule has 3 rings (SSSR count). The fraction of sp³-hybridized carbons (Fsp3) is 0.0769. The number of benzene rings is 1. The summed E-state index contributed by atoms with van der Waals surface area (Å²) in [5.41, 5.74) is 0.493. The van der Waals surface area contributed by atoms with Gasteiger partial charge in [0, 0.05) is 0 Å². The van der Waals surface area contributed by atoms with Crippen LogP contribution in [-0.2, 0) is 6.54 Å². The largest absolute Gasteiger partial charge is 0.362 e. The Hall–Kier alpha value is -2.69. The summed E-state index contributed by atoms with van der Waals surface area (Å²) in [4.78, 5) is 26.0. The summed E-state index contributed by atoms with van der Waals surface area (Å²) >= 11 is 17.6. The highest BCUT2D eigenvalue weighted by Gasteiger charge is 2.25. The molecule has 2 heterocycles. The van der Waals surface area contributed by atoms with Crippen molar-refractivity contribution >= 4 is 52.5 Å². The van der Waals surface area contributed by atoms with E-state index in [4.69, 9.17) is 34.8 Å². The van der Waals surface area contributed by atoms with Gasteiger partial charge in [-0.3, -0.25) is 10.1 Å². The van der Waals surface area contributed by atoms with Crippen LogP contribution in [0.4, 0.5) is 11.8 Å². The molecule has 1 aromatic carbocycles. The van der Waals surface area contributed by atoms with Gasteiger partial charge in [0.15, 0.2) is 10.7 Å². The molecule has 0 saturated heterocycles. The minimum absolute atomic E-state index is 0.0169. The number of anilines is 1. The summed E-state index contributed by atoms with van der Waals surface area (Å²) in [5, 5.41) is 23.2. The first-order valence-corrected chi connectivity index (χ1v) is 8.01. The van der Waals surface area contributed by atoms with Crippen LogP contribution in [-0.4, -0.2) is 35.8 Å². The molecule has 2 aromatic heterocycles. The van der Waals surface area contributed by atoms with Gasteiger partial charge in [0.05, 0.1) is 16.6 Å². The Bertz CT molecular complexity index is 1000. The van der Waals surface area contributed by atoms with Crippen LogP contribution in [0.2, 0.25) is 15.1 Å². The molecule has 0 saturated carbocycles. The molecular formula is C13H8Cl3N7O3. The van der Waals surface area contributed by atoms with E-state index in [1.54, 1.807) is 18.2 Å². The molecule has 0 bridgehead atoms. The van der Waals surface area contributed by atoms with Crippen LogP contribution in [0.5, 0.6) is 0 Å². The number of hydrogen-bond donors (Lipinski definition) is 2. The van der Waals surface area contributed by atoms with Gasteiger partial charge in [0.25, 0.3) is 5.91 Å². The zero-order chi connectivity index (χ0) is 18.8. The quantitative estimate of drug-likeness (QED) is 0.485. The Labute approximate surface area is 160 Å². The Morgan fingerprint density at radius 3 is 2.73 bits per heavy atom. The summed E-state index contributed by atoms with van der Waals surface area (Å²) in [7, 11) is 0. The molecule has 13 heteroatoms. The number of hydrogen-bond acceptors (Lipinski definition) is 6. The smallest absolute Gasteiger partial charge is 0.358 e. The molecular weight excluding hydrogens is 409 g/mol. The third-order valence-corrected chi connectivity index (χ3v) is 4.27. The second kappa shape index (κ2) is 7.28. The number of carbonyl (C=O) groups excluding carboxylic acids is 1. The number of nitro groups is 1. The first-order valence-electron chi connectivity index (χ1n) is 6.88. The Balaban J connectivity index is 1.71. The van der Waals surface area contributed by atoms with Gasteiger partial charge in [-0.1, -0.05) is 46.0 Å². The molecule has 0 radical (unpaired) electrons. The molecule has 1 amide bonds. The average Bonchev–Trinajstić information content (AvgIpc) is 3.17. The van der Waals surface area contributed by atoms with Crippen LogP contribution in [0.25, 0.3) is 0 Å². The standard InChI is InChI=1S/C13H8Cl3N7O3/c14-7-2-1-6(3-8(7)15)4-22-5-17-13(21-22)18-12(24)10-9(16)11(20-19-10)23(25)26/h1-3,5H,4H2,(H,19,20)(H,18,21,24). The molecule has 0 spiro atoms. The summed E-state index contributed by atoms with van der Waals surface area (Å²) in [6.45, 7) is 0.342. The lowest BCUT2D eigenvalue weighted by Crippen LogP contribution is -2.14. The molecule has 0 fully saturated rings. The average molecular weight is 417 g/mol.